The van der Waals surface area contributed by atoms with Gasteiger partial charge in [0.15, 0.2) is 0 Å². The Morgan fingerprint density at radius 1 is 1.25 bits per heavy atom. The Hall–Kier alpha value is -3.00. The zero-order valence-electron chi connectivity index (χ0n) is 16.2. The van der Waals surface area contributed by atoms with Crippen molar-refractivity contribution in [3.63, 3.8) is 0 Å². The lowest BCUT2D eigenvalue weighted by Crippen LogP contribution is -2.54. The van der Waals surface area contributed by atoms with E-state index in [-0.39, 0.29) is 12.8 Å². The van der Waals surface area contributed by atoms with Crippen molar-refractivity contribution in [2.24, 2.45) is 5.73 Å². The van der Waals surface area contributed by atoms with Crippen LogP contribution in [0.2, 0.25) is 0 Å². The molecule has 3 N–H and O–H groups in total. The van der Waals surface area contributed by atoms with E-state index in [1.54, 1.807) is 33.3 Å². The molecule has 0 aliphatic heterocycles. The van der Waals surface area contributed by atoms with Crippen LogP contribution in [0.4, 0.5) is 4.79 Å². The molecule has 2 atom stereocenters. The molecule has 28 heavy (non-hydrogen) atoms. The maximum absolute atomic E-state index is 13.0. The molecule has 0 aliphatic carbocycles. The van der Waals surface area contributed by atoms with Crippen molar-refractivity contribution < 1.29 is 19.1 Å². The third-order valence-corrected chi connectivity index (χ3v) is 3.85. The second-order valence-electron chi connectivity index (χ2n) is 7.38. The fourth-order valence-electron chi connectivity index (χ4n) is 2.60. The molecule has 8 nitrogen and oxygen atoms in total. The predicted octanol–water partition coefficient (Wildman–Crippen LogP) is 1.76. The average molecular weight is 385 g/mol. The van der Waals surface area contributed by atoms with E-state index in [1.165, 1.54) is 6.33 Å². The Balaban J connectivity index is 2.25. The summed E-state index contributed by atoms with van der Waals surface area (Å²) in [5.74, 6) is -0.706. The van der Waals surface area contributed by atoms with Crippen molar-refractivity contribution in [3.8, 4) is 0 Å². The first-order valence-electron chi connectivity index (χ1n) is 8.92. The molecule has 1 heterocycles. The summed E-state index contributed by atoms with van der Waals surface area (Å²) in [7, 11) is 0. The van der Waals surface area contributed by atoms with E-state index in [1.807, 2.05) is 30.3 Å². The molecule has 8 heteroatoms. The van der Waals surface area contributed by atoms with Crippen LogP contribution < -0.4 is 5.73 Å². The number of nitrogens with one attached hydrogen (secondary N) is 1. The minimum Gasteiger partial charge on any atom is -0.443 e. The average Bonchev–Trinajstić information content (AvgIpc) is 3.13. The number of amides is 2. The third-order valence-electron chi connectivity index (χ3n) is 3.85. The van der Waals surface area contributed by atoms with Crippen molar-refractivity contribution in [2.75, 3.05) is 0 Å². The van der Waals surface area contributed by atoms with Gasteiger partial charge in [0.2, 0.25) is 12.2 Å². The van der Waals surface area contributed by atoms with Gasteiger partial charge in [0, 0.05) is 12.6 Å². The van der Waals surface area contributed by atoms with Crippen LogP contribution in [-0.2, 0) is 27.2 Å². The van der Waals surface area contributed by atoms with Gasteiger partial charge in [0.25, 0.3) is 0 Å². The van der Waals surface area contributed by atoms with Crippen LogP contribution >= 0.6 is 0 Å². The number of aromatic nitrogens is 2. The molecular formula is C20H25N4O4. The molecule has 1 aromatic carbocycles. The molecule has 2 rings (SSSR count). The summed E-state index contributed by atoms with van der Waals surface area (Å²) >= 11 is 0. The van der Waals surface area contributed by atoms with Gasteiger partial charge in [0.1, 0.15) is 11.6 Å². The summed E-state index contributed by atoms with van der Waals surface area (Å²) in [4.78, 5) is 44.9. The Bertz CT molecular complexity index is 784. The highest BCUT2D eigenvalue weighted by atomic mass is 16.6. The summed E-state index contributed by atoms with van der Waals surface area (Å²) in [6.45, 7) is 5.01. The van der Waals surface area contributed by atoms with E-state index in [2.05, 4.69) is 9.97 Å². The van der Waals surface area contributed by atoms with Gasteiger partial charge in [0.05, 0.1) is 18.1 Å². The van der Waals surface area contributed by atoms with Crippen LogP contribution in [0.1, 0.15) is 32.0 Å². The molecule has 0 saturated heterocycles. The lowest BCUT2D eigenvalue weighted by atomic mass is 10.0. The first-order valence-corrected chi connectivity index (χ1v) is 8.92. The minimum atomic E-state index is -1.20. The molecule has 0 aliphatic rings. The number of nitrogens with two attached hydrogens (primary N) is 1. The van der Waals surface area contributed by atoms with E-state index in [0.29, 0.717) is 5.69 Å². The van der Waals surface area contributed by atoms with Gasteiger partial charge in [-0.1, -0.05) is 30.3 Å². The van der Waals surface area contributed by atoms with Gasteiger partial charge in [-0.3, -0.25) is 9.59 Å². The van der Waals surface area contributed by atoms with Crippen molar-refractivity contribution in [1.29, 1.82) is 0 Å². The van der Waals surface area contributed by atoms with Crippen LogP contribution in [0, 0.1) is 0 Å². The lowest BCUT2D eigenvalue weighted by Gasteiger charge is -2.30. The highest BCUT2D eigenvalue weighted by molar-refractivity contribution is 5.97. The van der Waals surface area contributed by atoms with Crippen LogP contribution in [0.5, 0.6) is 0 Å². The number of hydrogen-bond donors (Lipinski definition) is 2. The minimum absolute atomic E-state index is 0.00996. The third kappa shape index (κ3) is 6.02. The highest BCUT2D eigenvalue weighted by Gasteiger charge is 2.37. The largest absolute Gasteiger partial charge is 0.443 e. The SMILES string of the molecule is CC(C)(C)OC(=O)N(C(=O)[C@@H](N)Cc1ccccc1)[C@H]([C]=O)Cc1c[nH]cn1. The predicted molar refractivity (Wildman–Crippen MR) is 103 cm³/mol. The van der Waals surface area contributed by atoms with Crippen LogP contribution in [0.25, 0.3) is 0 Å². The summed E-state index contributed by atoms with van der Waals surface area (Å²) in [6.07, 6.45) is 4.05. The summed E-state index contributed by atoms with van der Waals surface area (Å²) in [5.41, 5.74) is 6.56. The highest BCUT2D eigenvalue weighted by Crippen LogP contribution is 2.16. The fraction of sp³-hybridized carbons (Fsp3) is 0.400. The first-order chi connectivity index (χ1) is 13.2. The van der Waals surface area contributed by atoms with Gasteiger partial charge < -0.3 is 15.5 Å². The molecule has 149 valence electrons. The number of imide groups is 1. The number of hydrogen-bond acceptors (Lipinski definition) is 6. The number of carbonyl (C=O) groups is 2. The molecule has 2 amide bonds. The Morgan fingerprint density at radius 3 is 2.46 bits per heavy atom. The van der Waals surface area contributed by atoms with E-state index in [9.17, 15) is 14.4 Å². The van der Waals surface area contributed by atoms with Crippen LogP contribution in [0.15, 0.2) is 42.9 Å². The zero-order valence-corrected chi connectivity index (χ0v) is 16.2. The molecule has 1 radical (unpaired) electrons. The number of benzene rings is 1. The Morgan fingerprint density at radius 2 is 1.93 bits per heavy atom. The monoisotopic (exact) mass is 385 g/mol. The standard InChI is InChI=1S/C20H25N4O4/c1-20(2,3)28-19(27)24(16(12-25)10-15-11-22-13-23-15)18(26)17(21)9-14-7-5-4-6-8-14/h4-8,11,13,16-17H,9-10,21H2,1-3H3,(H,22,23)/t16-,17-/m0/s1. The van der Waals surface area contributed by atoms with Crippen molar-refractivity contribution in [3.05, 3.63) is 54.1 Å². The maximum atomic E-state index is 13.0. The number of carbonyl (C=O) groups excluding carboxylic acids is 3. The lowest BCUT2D eigenvalue weighted by molar-refractivity contribution is -0.132. The summed E-state index contributed by atoms with van der Waals surface area (Å²) in [6, 6.07) is 6.95. The van der Waals surface area contributed by atoms with Gasteiger partial charge in [-0.25, -0.2) is 14.7 Å². The molecule has 0 saturated carbocycles. The normalized spacial score (nSPS) is 13.4. The molecular weight excluding hydrogens is 360 g/mol. The Kier molecular flexibility index (Phi) is 7.06. The molecule has 0 unspecified atom stereocenters. The second-order valence-corrected chi connectivity index (χ2v) is 7.38. The smallest absolute Gasteiger partial charge is 0.417 e. The summed E-state index contributed by atoms with van der Waals surface area (Å²) in [5, 5.41) is 0. The Labute approximate surface area is 164 Å². The van der Waals surface area contributed by atoms with E-state index in [4.69, 9.17) is 10.5 Å². The number of imidazole rings is 1. The molecule has 0 bridgehead atoms. The van der Waals surface area contributed by atoms with Gasteiger partial charge in [-0.05, 0) is 32.8 Å². The van der Waals surface area contributed by atoms with E-state index in [0.717, 1.165) is 10.5 Å². The van der Waals surface area contributed by atoms with Crippen molar-refractivity contribution >= 4 is 18.3 Å². The molecule has 1 aromatic heterocycles. The fourth-order valence-corrected chi connectivity index (χ4v) is 2.60. The first kappa shape index (κ1) is 21.3. The van der Waals surface area contributed by atoms with Crippen LogP contribution in [-0.4, -0.2) is 50.8 Å². The topological polar surface area (TPSA) is 118 Å². The van der Waals surface area contributed by atoms with E-state index < -0.39 is 29.7 Å². The molecule has 2 aromatic rings. The van der Waals surface area contributed by atoms with Crippen LogP contribution in [0.3, 0.4) is 0 Å². The molecule has 0 fully saturated rings. The number of nitrogens with zero attached hydrogens (tertiary/aromatic N) is 2. The number of rotatable bonds is 7. The van der Waals surface area contributed by atoms with Gasteiger partial charge in [-0.15, -0.1) is 0 Å². The van der Waals surface area contributed by atoms with Crippen molar-refractivity contribution in [2.45, 2.75) is 51.3 Å². The number of H-pyrrole nitrogens is 1. The van der Waals surface area contributed by atoms with E-state index >= 15 is 0 Å². The summed E-state index contributed by atoms with van der Waals surface area (Å²) < 4.78 is 5.33. The van der Waals surface area contributed by atoms with Gasteiger partial charge in [-0.2, -0.15) is 0 Å². The van der Waals surface area contributed by atoms with Gasteiger partial charge >= 0.3 is 6.09 Å². The maximum Gasteiger partial charge on any atom is 0.417 e. The van der Waals surface area contributed by atoms with Crippen molar-refractivity contribution in [1.82, 2.24) is 14.9 Å². The molecule has 0 spiro atoms. The number of aromatic amines is 1. The zero-order chi connectivity index (χ0) is 20.7. The second kappa shape index (κ2) is 9.27. The number of ether oxygens (including phenoxy) is 1. The quantitative estimate of drug-likeness (QED) is 0.750.